The lowest BCUT2D eigenvalue weighted by Crippen LogP contribution is -2.14. The van der Waals surface area contributed by atoms with Gasteiger partial charge >= 0.3 is 6.09 Å². The highest BCUT2D eigenvalue weighted by Gasteiger charge is 2.04. The third-order valence-electron chi connectivity index (χ3n) is 1.93. The fourth-order valence-electron chi connectivity index (χ4n) is 1.04. The van der Waals surface area contributed by atoms with E-state index in [1.807, 2.05) is 13.0 Å². The van der Waals surface area contributed by atoms with Gasteiger partial charge in [0.15, 0.2) is 0 Å². The van der Waals surface area contributed by atoms with Crippen molar-refractivity contribution < 1.29 is 9.53 Å². The third kappa shape index (κ3) is 4.41. The van der Waals surface area contributed by atoms with Crippen LogP contribution >= 0.6 is 27.5 Å². The zero-order chi connectivity index (χ0) is 12.0. The lowest BCUT2D eigenvalue weighted by atomic mass is 10.2. The van der Waals surface area contributed by atoms with Crippen LogP contribution in [0.4, 0.5) is 10.5 Å². The topological polar surface area (TPSA) is 38.3 Å². The summed E-state index contributed by atoms with van der Waals surface area (Å²) in [5.41, 5.74) is 1.61. The van der Waals surface area contributed by atoms with Gasteiger partial charge in [0.2, 0.25) is 0 Å². The fourth-order valence-corrected chi connectivity index (χ4v) is 1.45. The van der Waals surface area contributed by atoms with E-state index in [0.29, 0.717) is 17.3 Å². The van der Waals surface area contributed by atoms with Gasteiger partial charge in [0.25, 0.3) is 0 Å². The standard InChI is InChI=1S/C11H13BrClNO2/c1-8-3-4-9(7-10(8)13)14-11(15)16-6-2-5-12/h3-4,7H,2,5-6H2,1H3,(H,14,15). The number of carbonyl (C=O) groups excluding carboxylic acids is 1. The summed E-state index contributed by atoms with van der Waals surface area (Å²) >= 11 is 9.18. The Hall–Kier alpha value is -0.740. The zero-order valence-electron chi connectivity index (χ0n) is 8.93. The molecule has 1 aromatic rings. The third-order valence-corrected chi connectivity index (χ3v) is 2.90. The molecule has 0 unspecified atom stereocenters. The molecule has 0 saturated heterocycles. The summed E-state index contributed by atoms with van der Waals surface area (Å²) in [6, 6.07) is 5.33. The molecule has 0 aliphatic rings. The van der Waals surface area contributed by atoms with Crippen LogP contribution in [0.5, 0.6) is 0 Å². The molecule has 0 atom stereocenters. The minimum atomic E-state index is -0.458. The van der Waals surface area contributed by atoms with Crippen molar-refractivity contribution >= 4 is 39.3 Å². The predicted octanol–water partition coefficient (Wildman–Crippen LogP) is 3.98. The lowest BCUT2D eigenvalue weighted by Gasteiger charge is -2.07. The smallest absolute Gasteiger partial charge is 0.411 e. The van der Waals surface area contributed by atoms with Gasteiger partial charge in [0.1, 0.15) is 0 Å². The Bertz CT molecular complexity index is 371. The molecule has 0 aromatic heterocycles. The highest BCUT2D eigenvalue weighted by molar-refractivity contribution is 9.09. The van der Waals surface area contributed by atoms with E-state index in [9.17, 15) is 4.79 Å². The van der Waals surface area contributed by atoms with Crippen LogP contribution in [0.15, 0.2) is 18.2 Å². The summed E-state index contributed by atoms with van der Waals surface area (Å²) < 4.78 is 4.93. The van der Waals surface area contributed by atoms with E-state index in [-0.39, 0.29) is 0 Å². The number of hydrogen-bond donors (Lipinski definition) is 1. The van der Waals surface area contributed by atoms with Crippen molar-refractivity contribution in [2.75, 3.05) is 17.3 Å². The number of alkyl halides is 1. The number of hydrogen-bond acceptors (Lipinski definition) is 2. The normalized spacial score (nSPS) is 9.94. The molecule has 0 radical (unpaired) electrons. The maximum atomic E-state index is 11.3. The summed E-state index contributed by atoms with van der Waals surface area (Å²) in [5.74, 6) is 0. The molecule has 16 heavy (non-hydrogen) atoms. The van der Waals surface area contributed by atoms with Crippen molar-refractivity contribution in [3.05, 3.63) is 28.8 Å². The molecule has 1 aromatic carbocycles. The Morgan fingerprint density at radius 1 is 1.56 bits per heavy atom. The molecule has 3 nitrogen and oxygen atoms in total. The maximum absolute atomic E-state index is 11.3. The van der Waals surface area contributed by atoms with Crippen molar-refractivity contribution in [3.63, 3.8) is 0 Å². The Morgan fingerprint density at radius 3 is 2.94 bits per heavy atom. The van der Waals surface area contributed by atoms with Gasteiger partial charge in [-0.25, -0.2) is 4.79 Å². The first-order chi connectivity index (χ1) is 7.63. The van der Waals surface area contributed by atoms with Gasteiger partial charge < -0.3 is 4.74 Å². The molecule has 1 rings (SSSR count). The van der Waals surface area contributed by atoms with Gasteiger partial charge in [0, 0.05) is 16.0 Å². The first kappa shape index (κ1) is 13.3. The van der Waals surface area contributed by atoms with Crippen LogP contribution in [0.25, 0.3) is 0 Å². The molecular formula is C11H13BrClNO2. The number of nitrogens with one attached hydrogen (secondary N) is 1. The van der Waals surface area contributed by atoms with Crippen molar-refractivity contribution in [3.8, 4) is 0 Å². The number of aryl methyl sites for hydroxylation is 1. The van der Waals surface area contributed by atoms with E-state index in [2.05, 4.69) is 21.2 Å². The lowest BCUT2D eigenvalue weighted by molar-refractivity contribution is 0.162. The quantitative estimate of drug-likeness (QED) is 0.675. The summed E-state index contributed by atoms with van der Waals surface area (Å²) in [6.07, 6.45) is 0.336. The van der Waals surface area contributed by atoms with Crippen LogP contribution in [-0.2, 0) is 4.74 Å². The van der Waals surface area contributed by atoms with Gasteiger partial charge in [0.05, 0.1) is 6.61 Å². The van der Waals surface area contributed by atoms with Gasteiger partial charge in [-0.05, 0) is 31.0 Å². The van der Waals surface area contributed by atoms with Crippen LogP contribution in [0.3, 0.4) is 0 Å². The summed E-state index contributed by atoms with van der Waals surface area (Å²) in [7, 11) is 0. The van der Waals surface area contributed by atoms with Crippen LogP contribution in [0, 0.1) is 6.92 Å². The highest BCUT2D eigenvalue weighted by Crippen LogP contribution is 2.19. The van der Waals surface area contributed by atoms with Gasteiger partial charge in [-0.3, -0.25) is 5.32 Å². The van der Waals surface area contributed by atoms with Gasteiger partial charge in [-0.2, -0.15) is 0 Å². The zero-order valence-corrected chi connectivity index (χ0v) is 11.3. The Morgan fingerprint density at radius 2 is 2.31 bits per heavy atom. The molecular weight excluding hydrogens is 293 g/mol. The molecule has 0 aliphatic heterocycles. The number of rotatable bonds is 4. The molecule has 88 valence electrons. The number of ether oxygens (including phenoxy) is 1. The molecule has 0 fully saturated rings. The summed E-state index contributed by atoms with van der Waals surface area (Å²) in [4.78, 5) is 11.3. The van der Waals surface area contributed by atoms with Crippen molar-refractivity contribution in [1.82, 2.24) is 0 Å². The maximum Gasteiger partial charge on any atom is 0.411 e. The molecule has 1 N–H and O–H groups in total. The Kier molecular flexibility index (Phi) is 5.63. The van der Waals surface area contributed by atoms with Crippen LogP contribution in [-0.4, -0.2) is 18.0 Å². The molecule has 0 aliphatic carbocycles. The Labute approximate surface area is 108 Å². The second-order valence-corrected chi connectivity index (χ2v) is 4.47. The van der Waals surface area contributed by atoms with Crippen LogP contribution in [0.2, 0.25) is 5.02 Å². The first-order valence-electron chi connectivity index (χ1n) is 4.89. The highest BCUT2D eigenvalue weighted by atomic mass is 79.9. The molecule has 0 saturated carbocycles. The van der Waals surface area contributed by atoms with Gasteiger partial charge in [-0.1, -0.05) is 33.6 Å². The molecule has 0 spiro atoms. The van der Waals surface area contributed by atoms with E-state index in [1.54, 1.807) is 12.1 Å². The molecule has 5 heteroatoms. The van der Waals surface area contributed by atoms with Crippen molar-refractivity contribution in [2.45, 2.75) is 13.3 Å². The summed E-state index contributed by atoms with van der Waals surface area (Å²) in [5, 5.41) is 4.05. The number of carbonyl (C=O) groups is 1. The average molecular weight is 307 g/mol. The first-order valence-corrected chi connectivity index (χ1v) is 6.39. The largest absolute Gasteiger partial charge is 0.449 e. The van der Waals surface area contributed by atoms with E-state index < -0.39 is 6.09 Å². The second-order valence-electron chi connectivity index (χ2n) is 3.27. The van der Waals surface area contributed by atoms with E-state index >= 15 is 0 Å². The Balaban J connectivity index is 2.46. The fraction of sp³-hybridized carbons (Fsp3) is 0.364. The minimum Gasteiger partial charge on any atom is -0.449 e. The van der Waals surface area contributed by atoms with Gasteiger partial charge in [-0.15, -0.1) is 0 Å². The second kappa shape index (κ2) is 6.76. The average Bonchev–Trinajstić information content (AvgIpc) is 2.24. The predicted molar refractivity (Wildman–Crippen MR) is 69.6 cm³/mol. The number of amides is 1. The number of benzene rings is 1. The molecule has 1 amide bonds. The number of halogens is 2. The van der Waals surface area contributed by atoms with E-state index in [0.717, 1.165) is 17.3 Å². The minimum absolute atomic E-state index is 0.399. The number of anilines is 1. The van der Waals surface area contributed by atoms with Crippen LogP contribution in [0.1, 0.15) is 12.0 Å². The molecule has 0 bridgehead atoms. The molecule has 0 heterocycles. The SMILES string of the molecule is Cc1ccc(NC(=O)OCCCBr)cc1Cl. The van der Waals surface area contributed by atoms with Crippen molar-refractivity contribution in [1.29, 1.82) is 0 Å². The van der Waals surface area contributed by atoms with E-state index in [1.165, 1.54) is 0 Å². The monoisotopic (exact) mass is 305 g/mol. The van der Waals surface area contributed by atoms with Crippen molar-refractivity contribution in [2.24, 2.45) is 0 Å². The van der Waals surface area contributed by atoms with E-state index in [4.69, 9.17) is 16.3 Å². The van der Waals surface area contributed by atoms with Crippen LogP contribution < -0.4 is 5.32 Å². The summed E-state index contributed by atoms with van der Waals surface area (Å²) in [6.45, 7) is 2.30.